The highest BCUT2D eigenvalue weighted by Crippen LogP contribution is 2.30. The van der Waals surface area contributed by atoms with E-state index in [-0.39, 0.29) is 0 Å². The van der Waals surface area contributed by atoms with Crippen molar-refractivity contribution < 1.29 is 9.47 Å². The van der Waals surface area contributed by atoms with Gasteiger partial charge in [0.25, 0.3) is 0 Å². The van der Waals surface area contributed by atoms with Crippen molar-refractivity contribution in [3.63, 3.8) is 0 Å². The molecule has 0 fully saturated rings. The summed E-state index contributed by atoms with van der Waals surface area (Å²) in [5.41, 5.74) is 2.58. The van der Waals surface area contributed by atoms with Gasteiger partial charge in [-0.25, -0.2) is 0 Å². The minimum absolute atomic E-state index is 0.803. The zero-order valence-corrected chi connectivity index (χ0v) is 11.5. The number of nitrogens with zero attached hydrogens (tertiary/aromatic N) is 1. The molecular formula is C14H23NO2. The fourth-order valence-electron chi connectivity index (χ4n) is 1.76. The monoisotopic (exact) mass is 237 g/mol. The highest BCUT2D eigenvalue weighted by Gasteiger charge is 2.08. The van der Waals surface area contributed by atoms with Crippen molar-refractivity contribution in [2.75, 3.05) is 34.4 Å². The van der Waals surface area contributed by atoms with E-state index in [1.165, 1.54) is 11.1 Å². The summed E-state index contributed by atoms with van der Waals surface area (Å²) in [5, 5.41) is 0. The van der Waals surface area contributed by atoms with Crippen LogP contribution in [0.2, 0.25) is 0 Å². The highest BCUT2D eigenvalue weighted by atomic mass is 16.5. The first-order valence-corrected chi connectivity index (χ1v) is 6.02. The molecule has 1 rings (SSSR count). The van der Waals surface area contributed by atoms with Gasteiger partial charge in [0.15, 0.2) is 11.5 Å². The fourth-order valence-corrected chi connectivity index (χ4v) is 1.76. The van der Waals surface area contributed by atoms with Crippen LogP contribution in [0.1, 0.15) is 18.1 Å². The molecule has 0 unspecified atom stereocenters. The summed E-state index contributed by atoms with van der Waals surface area (Å²) in [4.78, 5) is 2.30. The molecule has 0 radical (unpaired) electrons. The predicted octanol–water partition coefficient (Wildman–Crippen LogP) is 2.51. The molecule has 0 saturated carbocycles. The smallest absolute Gasteiger partial charge is 0.161 e. The zero-order chi connectivity index (χ0) is 12.8. The molecule has 3 nitrogen and oxygen atoms in total. The molecule has 3 heteroatoms. The Hall–Kier alpha value is -1.22. The molecule has 0 amide bonds. The van der Waals surface area contributed by atoms with E-state index >= 15 is 0 Å². The molecular weight excluding hydrogens is 214 g/mol. The Morgan fingerprint density at radius 1 is 1.12 bits per heavy atom. The average Bonchev–Trinajstić information content (AvgIpc) is 2.36. The number of aryl methyl sites for hydroxylation is 1. The number of ether oxygens (including phenoxy) is 2. The molecule has 0 aromatic heterocycles. The number of hydrogen-bond acceptors (Lipinski definition) is 3. The molecule has 0 atom stereocenters. The van der Waals surface area contributed by atoms with Gasteiger partial charge in [-0.2, -0.15) is 0 Å². The van der Waals surface area contributed by atoms with Crippen molar-refractivity contribution in [3.05, 3.63) is 23.3 Å². The van der Waals surface area contributed by atoms with Gasteiger partial charge in [-0.05, 0) is 50.2 Å². The summed E-state index contributed by atoms with van der Waals surface area (Å²) in [6.07, 6.45) is 1.04. The number of rotatable bonds is 6. The molecule has 1 aromatic rings. The van der Waals surface area contributed by atoms with Gasteiger partial charge >= 0.3 is 0 Å². The first kappa shape index (κ1) is 13.8. The van der Waals surface area contributed by atoms with Crippen LogP contribution in [0.15, 0.2) is 12.1 Å². The summed E-state index contributed by atoms with van der Waals surface area (Å²) in [7, 11) is 5.48. The molecule has 0 aliphatic heterocycles. The van der Waals surface area contributed by atoms with Crippen molar-refractivity contribution in [2.24, 2.45) is 0 Å². The molecule has 1 aromatic carbocycles. The molecule has 0 N–H and O–H groups in total. The number of hydrogen-bond donors (Lipinski definition) is 0. The molecule has 0 heterocycles. The minimum Gasteiger partial charge on any atom is -0.493 e. The SMILES string of the molecule is CCN(C)CCc1cc(OC)c(OC)cc1C. The lowest BCUT2D eigenvalue weighted by atomic mass is 10.0. The third-order valence-corrected chi connectivity index (χ3v) is 3.14. The second-order valence-corrected chi connectivity index (χ2v) is 4.28. The molecule has 96 valence electrons. The van der Waals surface area contributed by atoms with Crippen LogP contribution in [0.4, 0.5) is 0 Å². The Morgan fingerprint density at radius 3 is 2.24 bits per heavy atom. The summed E-state index contributed by atoms with van der Waals surface area (Å²) < 4.78 is 10.6. The van der Waals surface area contributed by atoms with Gasteiger partial charge in [-0.3, -0.25) is 0 Å². The van der Waals surface area contributed by atoms with Crippen LogP contribution in [-0.4, -0.2) is 39.3 Å². The van der Waals surface area contributed by atoms with E-state index in [1.807, 2.05) is 6.07 Å². The van der Waals surface area contributed by atoms with Gasteiger partial charge in [0, 0.05) is 6.54 Å². The summed E-state index contributed by atoms with van der Waals surface area (Å²) in [6, 6.07) is 4.12. The molecule has 0 spiro atoms. The van der Waals surface area contributed by atoms with Crippen LogP contribution in [-0.2, 0) is 6.42 Å². The Morgan fingerprint density at radius 2 is 1.71 bits per heavy atom. The third kappa shape index (κ3) is 3.63. The number of likely N-dealkylation sites (N-methyl/N-ethyl adjacent to an activating group) is 1. The van der Waals surface area contributed by atoms with E-state index in [1.54, 1.807) is 14.2 Å². The van der Waals surface area contributed by atoms with E-state index in [0.29, 0.717) is 0 Å². The van der Waals surface area contributed by atoms with Gasteiger partial charge in [-0.15, -0.1) is 0 Å². The quantitative estimate of drug-likeness (QED) is 0.759. The van der Waals surface area contributed by atoms with E-state index < -0.39 is 0 Å². The van der Waals surface area contributed by atoms with Crippen LogP contribution in [0, 0.1) is 6.92 Å². The second kappa shape index (κ2) is 6.50. The minimum atomic E-state index is 0.803. The number of benzene rings is 1. The van der Waals surface area contributed by atoms with Gasteiger partial charge in [0.2, 0.25) is 0 Å². The molecule has 17 heavy (non-hydrogen) atoms. The second-order valence-electron chi connectivity index (χ2n) is 4.28. The van der Waals surface area contributed by atoms with E-state index in [9.17, 15) is 0 Å². The Kier molecular flexibility index (Phi) is 5.29. The van der Waals surface area contributed by atoms with E-state index in [0.717, 1.165) is 31.0 Å². The maximum absolute atomic E-state index is 5.33. The van der Waals surface area contributed by atoms with E-state index in [4.69, 9.17) is 9.47 Å². The molecule has 0 aliphatic rings. The summed E-state index contributed by atoms with van der Waals surface area (Å²) in [5.74, 6) is 1.62. The van der Waals surface area contributed by atoms with E-state index in [2.05, 4.69) is 31.9 Å². The average molecular weight is 237 g/mol. The standard InChI is InChI=1S/C14H23NO2/c1-6-15(3)8-7-12-10-14(17-5)13(16-4)9-11(12)2/h9-10H,6-8H2,1-5H3. The van der Waals surface area contributed by atoms with Crippen molar-refractivity contribution in [3.8, 4) is 11.5 Å². The Bertz CT molecular complexity index is 363. The molecule has 0 aliphatic carbocycles. The largest absolute Gasteiger partial charge is 0.493 e. The summed E-state index contributed by atoms with van der Waals surface area (Å²) >= 11 is 0. The van der Waals surface area contributed by atoms with Crippen LogP contribution < -0.4 is 9.47 Å². The lowest BCUT2D eigenvalue weighted by Crippen LogP contribution is -2.20. The van der Waals surface area contributed by atoms with Crippen molar-refractivity contribution in [1.82, 2.24) is 4.90 Å². The zero-order valence-electron chi connectivity index (χ0n) is 11.5. The molecule has 0 bridgehead atoms. The maximum atomic E-state index is 5.33. The van der Waals surface area contributed by atoms with Gasteiger partial charge in [-0.1, -0.05) is 6.92 Å². The third-order valence-electron chi connectivity index (χ3n) is 3.14. The first-order chi connectivity index (χ1) is 8.12. The van der Waals surface area contributed by atoms with Gasteiger partial charge in [0.05, 0.1) is 14.2 Å². The van der Waals surface area contributed by atoms with Gasteiger partial charge in [0.1, 0.15) is 0 Å². The van der Waals surface area contributed by atoms with Crippen LogP contribution in [0.25, 0.3) is 0 Å². The Balaban J connectivity index is 2.85. The number of methoxy groups -OCH3 is 2. The summed E-state index contributed by atoms with van der Waals surface area (Å²) in [6.45, 7) is 6.42. The van der Waals surface area contributed by atoms with Crippen LogP contribution >= 0.6 is 0 Å². The highest BCUT2D eigenvalue weighted by molar-refractivity contribution is 5.47. The van der Waals surface area contributed by atoms with Crippen LogP contribution in [0.3, 0.4) is 0 Å². The fraction of sp³-hybridized carbons (Fsp3) is 0.571. The van der Waals surface area contributed by atoms with Crippen molar-refractivity contribution in [1.29, 1.82) is 0 Å². The lowest BCUT2D eigenvalue weighted by molar-refractivity contribution is 0.349. The predicted molar refractivity (Wildman–Crippen MR) is 71.2 cm³/mol. The normalized spacial score (nSPS) is 10.7. The first-order valence-electron chi connectivity index (χ1n) is 6.02. The van der Waals surface area contributed by atoms with Crippen LogP contribution in [0.5, 0.6) is 11.5 Å². The van der Waals surface area contributed by atoms with Gasteiger partial charge < -0.3 is 14.4 Å². The topological polar surface area (TPSA) is 21.7 Å². The maximum Gasteiger partial charge on any atom is 0.161 e. The van der Waals surface area contributed by atoms with Crippen molar-refractivity contribution >= 4 is 0 Å². The Labute approximate surface area is 104 Å². The lowest BCUT2D eigenvalue weighted by Gasteiger charge is -2.16. The molecule has 0 saturated heterocycles. The van der Waals surface area contributed by atoms with Crippen molar-refractivity contribution in [2.45, 2.75) is 20.3 Å².